The van der Waals surface area contributed by atoms with Gasteiger partial charge in [0.05, 0.1) is 4.47 Å². The predicted molar refractivity (Wildman–Crippen MR) is 72.5 cm³/mol. The Labute approximate surface area is 111 Å². The highest BCUT2D eigenvalue weighted by Gasteiger charge is 2.27. The topological polar surface area (TPSA) is 12.0 Å². The van der Waals surface area contributed by atoms with Crippen molar-refractivity contribution in [2.24, 2.45) is 5.92 Å². The first kappa shape index (κ1) is 13.0. The maximum atomic E-state index is 13.5. The molecule has 1 aliphatic rings. The van der Waals surface area contributed by atoms with Gasteiger partial charge in [-0.15, -0.1) is 0 Å². The van der Waals surface area contributed by atoms with Crippen LogP contribution in [-0.4, -0.2) is 6.54 Å². The van der Waals surface area contributed by atoms with Crippen molar-refractivity contribution < 1.29 is 4.39 Å². The first-order valence-corrected chi connectivity index (χ1v) is 7.19. The van der Waals surface area contributed by atoms with Gasteiger partial charge >= 0.3 is 0 Å². The number of halogens is 2. The highest BCUT2D eigenvalue weighted by molar-refractivity contribution is 9.10. The van der Waals surface area contributed by atoms with Crippen molar-refractivity contribution in [3.63, 3.8) is 0 Å². The van der Waals surface area contributed by atoms with Crippen LogP contribution in [0.2, 0.25) is 0 Å². The van der Waals surface area contributed by atoms with Gasteiger partial charge in [0.15, 0.2) is 0 Å². The molecule has 1 saturated carbocycles. The highest BCUT2D eigenvalue weighted by Crippen LogP contribution is 2.39. The molecular weight excluding hydrogens is 281 g/mol. The molecule has 1 aromatic rings. The van der Waals surface area contributed by atoms with Gasteiger partial charge in [0.2, 0.25) is 0 Å². The predicted octanol–water partition coefficient (Wildman–Crippen LogP) is 4.43. The quantitative estimate of drug-likeness (QED) is 0.819. The molecule has 1 aromatic carbocycles. The number of benzene rings is 1. The van der Waals surface area contributed by atoms with E-state index in [1.54, 1.807) is 6.07 Å². The van der Waals surface area contributed by atoms with Crippen LogP contribution in [-0.2, 0) is 0 Å². The van der Waals surface area contributed by atoms with E-state index < -0.39 is 0 Å². The second kappa shape index (κ2) is 5.96. The number of nitrogens with one attached hydrogen (secondary N) is 1. The monoisotopic (exact) mass is 299 g/mol. The molecule has 0 amide bonds. The van der Waals surface area contributed by atoms with Gasteiger partial charge in [-0.3, -0.25) is 0 Å². The van der Waals surface area contributed by atoms with E-state index in [1.165, 1.54) is 18.9 Å². The molecule has 3 heteroatoms. The lowest BCUT2D eigenvalue weighted by atomic mass is 10.0. The molecule has 1 unspecified atom stereocenters. The van der Waals surface area contributed by atoms with Crippen LogP contribution in [0.5, 0.6) is 0 Å². The molecule has 0 heterocycles. The van der Waals surface area contributed by atoms with E-state index in [9.17, 15) is 4.39 Å². The number of hydrogen-bond donors (Lipinski definition) is 1. The minimum atomic E-state index is -0.165. The molecule has 94 valence electrons. The standard InChI is InChI=1S/C14H19BrFN/c1-2-8-17-13(9-10-6-7-10)11-4-3-5-12(16)14(11)15/h3-5,10,13,17H,2,6-9H2,1H3. The summed E-state index contributed by atoms with van der Waals surface area (Å²) in [5.74, 6) is 0.668. The molecule has 2 rings (SSSR count). The summed E-state index contributed by atoms with van der Waals surface area (Å²) in [5.41, 5.74) is 1.06. The number of rotatable bonds is 6. The van der Waals surface area contributed by atoms with E-state index in [4.69, 9.17) is 0 Å². The fraction of sp³-hybridized carbons (Fsp3) is 0.571. The summed E-state index contributed by atoms with van der Waals surface area (Å²) < 4.78 is 14.2. The molecule has 0 spiro atoms. The lowest BCUT2D eigenvalue weighted by Crippen LogP contribution is -2.23. The smallest absolute Gasteiger partial charge is 0.137 e. The molecule has 0 bridgehead atoms. The zero-order chi connectivity index (χ0) is 12.3. The Hall–Kier alpha value is -0.410. The van der Waals surface area contributed by atoms with Crippen molar-refractivity contribution >= 4 is 15.9 Å². The third-order valence-electron chi connectivity index (χ3n) is 3.26. The average Bonchev–Trinajstić information content (AvgIpc) is 3.12. The maximum absolute atomic E-state index is 13.5. The fourth-order valence-corrected chi connectivity index (χ4v) is 2.66. The fourth-order valence-electron chi connectivity index (χ4n) is 2.12. The molecule has 0 aliphatic heterocycles. The maximum Gasteiger partial charge on any atom is 0.137 e. The third-order valence-corrected chi connectivity index (χ3v) is 4.10. The molecule has 1 fully saturated rings. The van der Waals surface area contributed by atoms with E-state index in [-0.39, 0.29) is 11.9 Å². The van der Waals surface area contributed by atoms with Crippen LogP contribution in [0.15, 0.2) is 22.7 Å². The normalized spacial score (nSPS) is 17.1. The van der Waals surface area contributed by atoms with E-state index in [0.717, 1.165) is 30.9 Å². The Kier molecular flexibility index (Phi) is 4.57. The van der Waals surface area contributed by atoms with E-state index in [0.29, 0.717) is 4.47 Å². The molecule has 1 nitrogen and oxygen atoms in total. The van der Waals surface area contributed by atoms with Gasteiger partial charge in [0.1, 0.15) is 5.82 Å². The zero-order valence-electron chi connectivity index (χ0n) is 10.2. The minimum Gasteiger partial charge on any atom is -0.310 e. The van der Waals surface area contributed by atoms with Crippen molar-refractivity contribution in [1.82, 2.24) is 5.32 Å². The van der Waals surface area contributed by atoms with Crippen molar-refractivity contribution in [3.8, 4) is 0 Å². The summed E-state index contributed by atoms with van der Waals surface area (Å²) >= 11 is 3.37. The summed E-state index contributed by atoms with van der Waals surface area (Å²) in [6.07, 6.45) is 4.89. The van der Waals surface area contributed by atoms with Gasteiger partial charge in [-0.1, -0.05) is 31.9 Å². The van der Waals surface area contributed by atoms with Crippen molar-refractivity contribution in [2.45, 2.75) is 38.6 Å². The summed E-state index contributed by atoms with van der Waals surface area (Å²) in [6.45, 7) is 3.14. The molecule has 1 atom stereocenters. The Morgan fingerprint density at radius 1 is 1.47 bits per heavy atom. The van der Waals surface area contributed by atoms with Crippen LogP contribution >= 0.6 is 15.9 Å². The lowest BCUT2D eigenvalue weighted by molar-refractivity contribution is 0.469. The van der Waals surface area contributed by atoms with Crippen molar-refractivity contribution in [1.29, 1.82) is 0 Å². The minimum absolute atomic E-state index is 0.165. The summed E-state index contributed by atoms with van der Waals surface area (Å²) in [6, 6.07) is 5.60. The second-order valence-electron chi connectivity index (χ2n) is 4.83. The molecule has 0 aromatic heterocycles. The van der Waals surface area contributed by atoms with Gasteiger partial charge in [-0.05, 0) is 52.9 Å². The molecule has 0 saturated heterocycles. The van der Waals surface area contributed by atoms with Gasteiger partial charge in [0.25, 0.3) is 0 Å². The van der Waals surface area contributed by atoms with Gasteiger partial charge in [-0.2, -0.15) is 0 Å². The summed E-state index contributed by atoms with van der Waals surface area (Å²) in [7, 11) is 0. The van der Waals surface area contributed by atoms with Crippen LogP contribution in [0, 0.1) is 11.7 Å². The van der Waals surface area contributed by atoms with Crippen molar-refractivity contribution in [3.05, 3.63) is 34.1 Å². The Morgan fingerprint density at radius 3 is 2.88 bits per heavy atom. The van der Waals surface area contributed by atoms with E-state index >= 15 is 0 Å². The van der Waals surface area contributed by atoms with Gasteiger partial charge in [-0.25, -0.2) is 4.39 Å². The van der Waals surface area contributed by atoms with Crippen LogP contribution in [0.1, 0.15) is 44.2 Å². The van der Waals surface area contributed by atoms with Crippen LogP contribution in [0.25, 0.3) is 0 Å². The van der Waals surface area contributed by atoms with Crippen LogP contribution in [0.4, 0.5) is 4.39 Å². The first-order valence-electron chi connectivity index (χ1n) is 6.39. The Bertz CT molecular complexity index is 376. The largest absolute Gasteiger partial charge is 0.310 e. The first-order chi connectivity index (χ1) is 8.22. The van der Waals surface area contributed by atoms with Crippen molar-refractivity contribution in [2.75, 3.05) is 6.54 Å². The lowest BCUT2D eigenvalue weighted by Gasteiger charge is -2.20. The SMILES string of the molecule is CCCNC(CC1CC1)c1cccc(F)c1Br. The Balaban J connectivity index is 2.14. The Morgan fingerprint density at radius 2 is 2.24 bits per heavy atom. The van der Waals surface area contributed by atoms with E-state index in [1.807, 2.05) is 6.07 Å². The molecular formula is C14H19BrFN. The zero-order valence-corrected chi connectivity index (χ0v) is 11.8. The highest BCUT2D eigenvalue weighted by atomic mass is 79.9. The summed E-state index contributed by atoms with van der Waals surface area (Å²) in [5, 5.41) is 3.53. The number of hydrogen-bond acceptors (Lipinski definition) is 1. The molecule has 1 aliphatic carbocycles. The second-order valence-corrected chi connectivity index (χ2v) is 5.62. The van der Waals surface area contributed by atoms with Crippen LogP contribution in [0.3, 0.4) is 0 Å². The van der Waals surface area contributed by atoms with Gasteiger partial charge < -0.3 is 5.32 Å². The molecule has 17 heavy (non-hydrogen) atoms. The van der Waals surface area contributed by atoms with Gasteiger partial charge in [0, 0.05) is 6.04 Å². The third kappa shape index (κ3) is 3.52. The molecule has 1 N–H and O–H groups in total. The van der Waals surface area contributed by atoms with E-state index in [2.05, 4.69) is 28.2 Å². The molecule has 0 radical (unpaired) electrons. The van der Waals surface area contributed by atoms with Crippen LogP contribution < -0.4 is 5.32 Å². The summed E-state index contributed by atoms with van der Waals surface area (Å²) in [4.78, 5) is 0. The average molecular weight is 300 g/mol.